The molecule has 0 saturated carbocycles. The van der Waals surface area contributed by atoms with E-state index >= 15 is 0 Å². The molecule has 27 heavy (non-hydrogen) atoms. The number of phenols is 1. The SMILES string of the molecule is N=C1C(=O)NC(c2ccc(-c3ccccc3O)s2)C1C(=N)c1ccccc1. The average molecular weight is 375 g/mol. The third kappa shape index (κ3) is 3.04. The van der Waals surface area contributed by atoms with E-state index in [0.717, 1.165) is 15.3 Å². The zero-order valence-electron chi connectivity index (χ0n) is 14.3. The first-order valence-corrected chi connectivity index (χ1v) is 9.29. The Hall–Kier alpha value is -3.25. The second-order valence-corrected chi connectivity index (χ2v) is 7.46. The number of amides is 1. The molecule has 1 saturated heterocycles. The number of carbonyl (C=O) groups excluding carboxylic acids is 1. The van der Waals surface area contributed by atoms with E-state index in [-0.39, 0.29) is 17.2 Å². The lowest BCUT2D eigenvalue weighted by molar-refractivity contribution is -0.114. The summed E-state index contributed by atoms with van der Waals surface area (Å²) in [6.45, 7) is 0. The molecule has 0 aliphatic carbocycles. The van der Waals surface area contributed by atoms with E-state index in [4.69, 9.17) is 10.8 Å². The van der Waals surface area contributed by atoms with Crippen molar-refractivity contribution in [1.82, 2.24) is 5.32 Å². The van der Waals surface area contributed by atoms with Crippen LogP contribution in [-0.4, -0.2) is 22.4 Å². The Morgan fingerprint density at radius 1 is 1.00 bits per heavy atom. The maximum absolute atomic E-state index is 12.2. The molecule has 4 N–H and O–H groups in total. The maximum atomic E-state index is 12.2. The molecule has 1 aliphatic rings. The van der Waals surface area contributed by atoms with Crippen LogP contribution in [0.3, 0.4) is 0 Å². The number of hydrogen-bond donors (Lipinski definition) is 4. The van der Waals surface area contributed by atoms with Crippen molar-refractivity contribution in [2.24, 2.45) is 5.92 Å². The summed E-state index contributed by atoms with van der Waals surface area (Å²) in [5.74, 6) is -0.887. The molecule has 1 amide bonds. The first-order valence-electron chi connectivity index (χ1n) is 8.47. The van der Waals surface area contributed by atoms with Crippen LogP contribution in [0.4, 0.5) is 0 Å². The summed E-state index contributed by atoms with van der Waals surface area (Å²) in [4.78, 5) is 13.9. The van der Waals surface area contributed by atoms with Crippen molar-refractivity contribution in [3.8, 4) is 16.2 Å². The second-order valence-electron chi connectivity index (χ2n) is 6.34. The predicted octanol–water partition coefficient (Wildman–Crippen LogP) is 4.00. The Bertz CT molecular complexity index is 1040. The molecule has 2 unspecified atom stereocenters. The molecule has 1 aliphatic heterocycles. The molecule has 5 nitrogen and oxygen atoms in total. The van der Waals surface area contributed by atoms with Gasteiger partial charge in [-0.1, -0.05) is 42.5 Å². The Kier molecular flexibility index (Phi) is 4.33. The molecule has 4 rings (SSSR count). The number of phenolic OH excluding ortho intramolecular Hbond substituents is 1. The lowest BCUT2D eigenvalue weighted by atomic mass is 9.88. The zero-order chi connectivity index (χ0) is 19.0. The third-order valence-corrected chi connectivity index (χ3v) is 5.88. The number of para-hydroxylation sites is 1. The summed E-state index contributed by atoms with van der Waals surface area (Å²) >= 11 is 1.45. The van der Waals surface area contributed by atoms with Crippen LogP contribution < -0.4 is 5.32 Å². The molecule has 3 aromatic rings. The smallest absolute Gasteiger partial charge is 0.266 e. The molecule has 2 heterocycles. The third-order valence-electron chi connectivity index (χ3n) is 4.67. The van der Waals surface area contributed by atoms with Gasteiger partial charge in [-0.3, -0.25) is 10.2 Å². The Morgan fingerprint density at radius 3 is 2.44 bits per heavy atom. The number of benzene rings is 2. The summed E-state index contributed by atoms with van der Waals surface area (Å²) in [6, 6.07) is 19.6. The van der Waals surface area contributed by atoms with Gasteiger partial charge in [-0.25, -0.2) is 0 Å². The molecule has 6 heteroatoms. The van der Waals surface area contributed by atoms with Gasteiger partial charge in [0.1, 0.15) is 11.5 Å². The van der Waals surface area contributed by atoms with E-state index in [0.29, 0.717) is 5.56 Å². The quantitative estimate of drug-likeness (QED) is 0.519. The molecule has 2 atom stereocenters. The van der Waals surface area contributed by atoms with Gasteiger partial charge in [0.05, 0.1) is 17.7 Å². The van der Waals surface area contributed by atoms with Crippen LogP contribution in [0.25, 0.3) is 10.4 Å². The van der Waals surface area contributed by atoms with Crippen LogP contribution in [0.2, 0.25) is 0 Å². The topological polar surface area (TPSA) is 97.0 Å². The van der Waals surface area contributed by atoms with Crippen molar-refractivity contribution in [2.45, 2.75) is 6.04 Å². The Labute approximate surface area is 160 Å². The van der Waals surface area contributed by atoms with Gasteiger partial charge in [-0.2, -0.15) is 0 Å². The fourth-order valence-electron chi connectivity index (χ4n) is 3.30. The van der Waals surface area contributed by atoms with Crippen molar-refractivity contribution >= 4 is 28.7 Å². The van der Waals surface area contributed by atoms with E-state index < -0.39 is 17.9 Å². The van der Waals surface area contributed by atoms with Gasteiger partial charge < -0.3 is 15.8 Å². The number of carbonyl (C=O) groups is 1. The highest BCUT2D eigenvalue weighted by atomic mass is 32.1. The van der Waals surface area contributed by atoms with E-state index in [2.05, 4.69) is 5.32 Å². The van der Waals surface area contributed by atoms with Crippen LogP contribution in [0, 0.1) is 16.7 Å². The van der Waals surface area contributed by atoms with Crippen molar-refractivity contribution in [2.75, 3.05) is 0 Å². The van der Waals surface area contributed by atoms with Gasteiger partial charge in [-0.05, 0) is 29.8 Å². The highest BCUT2D eigenvalue weighted by Crippen LogP contribution is 2.40. The summed E-state index contributed by atoms with van der Waals surface area (Å²) in [7, 11) is 0. The van der Waals surface area contributed by atoms with Gasteiger partial charge >= 0.3 is 0 Å². The fourth-order valence-corrected chi connectivity index (χ4v) is 4.43. The number of rotatable bonds is 4. The number of nitrogens with one attached hydrogen (secondary N) is 3. The Morgan fingerprint density at radius 2 is 1.70 bits per heavy atom. The van der Waals surface area contributed by atoms with E-state index in [9.17, 15) is 9.90 Å². The second kappa shape index (κ2) is 6.81. The van der Waals surface area contributed by atoms with Crippen LogP contribution >= 0.6 is 11.3 Å². The number of hydrogen-bond acceptors (Lipinski definition) is 5. The van der Waals surface area contributed by atoms with E-state index in [1.807, 2.05) is 54.6 Å². The molecule has 0 radical (unpaired) electrons. The number of thiophene rings is 1. The van der Waals surface area contributed by atoms with Gasteiger partial charge in [0.2, 0.25) is 0 Å². The van der Waals surface area contributed by atoms with Gasteiger partial charge in [-0.15, -0.1) is 11.3 Å². The molecule has 0 spiro atoms. The number of aromatic hydroxyl groups is 1. The molecular weight excluding hydrogens is 358 g/mol. The maximum Gasteiger partial charge on any atom is 0.266 e. The normalized spacial score (nSPS) is 19.1. The fraction of sp³-hybridized carbons (Fsp3) is 0.0952. The first-order chi connectivity index (χ1) is 13.1. The molecule has 2 aromatic carbocycles. The summed E-state index contributed by atoms with van der Waals surface area (Å²) in [6.07, 6.45) is 0. The lowest BCUT2D eigenvalue weighted by Gasteiger charge is -2.18. The standard InChI is InChI=1S/C21H17N3O2S/c22-18(12-6-2-1-3-7-12)17-19(23)21(26)24-20(17)16-11-10-15(27-16)13-8-4-5-9-14(13)25/h1-11,17,20,22-23,25H,(H,24,26). The summed E-state index contributed by atoms with van der Waals surface area (Å²) < 4.78 is 0. The van der Waals surface area contributed by atoms with Crippen molar-refractivity contribution in [3.05, 3.63) is 77.2 Å². The predicted molar refractivity (Wildman–Crippen MR) is 107 cm³/mol. The average Bonchev–Trinajstić information content (AvgIpc) is 3.28. The lowest BCUT2D eigenvalue weighted by Crippen LogP contribution is -2.25. The minimum atomic E-state index is -0.643. The molecule has 1 fully saturated rings. The van der Waals surface area contributed by atoms with Gasteiger partial charge in [0.15, 0.2) is 0 Å². The highest BCUT2D eigenvalue weighted by Gasteiger charge is 2.42. The monoisotopic (exact) mass is 375 g/mol. The molecule has 134 valence electrons. The van der Waals surface area contributed by atoms with Crippen molar-refractivity contribution < 1.29 is 9.90 Å². The molecular formula is C21H17N3O2S. The largest absolute Gasteiger partial charge is 0.507 e. The summed E-state index contributed by atoms with van der Waals surface area (Å²) in [5.41, 5.74) is 1.59. The summed E-state index contributed by atoms with van der Waals surface area (Å²) in [5, 5.41) is 29.7. The molecule has 0 bridgehead atoms. The van der Waals surface area contributed by atoms with Crippen LogP contribution in [-0.2, 0) is 4.79 Å². The minimum Gasteiger partial charge on any atom is -0.507 e. The van der Waals surface area contributed by atoms with Crippen molar-refractivity contribution in [3.63, 3.8) is 0 Å². The van der Waals surface area contributed by atoms with Crippen LogP contribution in [0.15, 0.2) is 66.7 Å². The minimum absolute atomic E-state index is 0.0913. The van der Waals surface area contributed by atoms with E-state index in [1.165, 1.54) is 11.3 Å². The Balaban J connectivity index is 1.70. The van der Waals surface area contributed by atoms with Gasteiger partial charge in [0, 0.05) is 15.3 Å². The van der Waals surface area contributed by atoms with Crippen LogP contribution in [0.1, 0.15) is 16.5 Å². The van der Waals surface area contributed by atoms with E-state index in [1.54, 1.807) is 12.1 Å². The van der Waals surface area contributed by atoms with Gasteiger partial charge in [0.25, 0.3) is 5.91 Å². The first kappa shape index (κ1) is 17.2. The van der Waals surface area contributed by atoms with Crippen molar-refractivity contribution in [1.29, 1.82) is 10.8 Å². The molecule has 1 aromatic heterocycles. The van der Waals surface area contributed by atoms with Crippen LogP contribution in [0.5, 0.6) is 5.75 Å². The zero-order valence-corrected chi connectivity index (χ0v) is 15.1. The highest BCUT2D eigenvalue weighted by molar-refractivity contribution is 7.15.